The quantitative estimate of drug-likeness (QED) is 0.574. The predicted molar refractivity (Wildman–Crippen MR) is 113 cm³/mol. The number of aromatic amines is 1. The Kier molecular flexibility index (Phi) is 6.36. The number of rotatable bonds is 7. The molecule has 0 aliphatic rings. The van der Waals surface area contributed by atoms with E-state index in [1.165, 1.54) is 11.8 Å². The minimum absolute atomic E-state index is 0.0846. The van der Waals surface area contributed by atoms with Crippen molar-refractivity contribution < 1.29 is 9.53 Å². The average Bonchev–Trinajstić information content (AvgIpc) is 3.08. The molecule has 146 valence electrons. The zero-order valence-corrected chi connectivity index (χ0v) is 17.3. The standard InChI is InChI=1S/C21H24N4O2S/c1-5-27-17-6-7-18(15(4)11-17)20-23-21(25-24-20)28-12-19(26)22-16-9-13(2)8-14(3)10-16/h6-11H,5,12H2,1-4H3,(H,22,26)(H,23,24,25). The number of nitrogens with one attached hydrogen (secondary N) is 2. The number of nitrogens with zero attached hydrogens (tertiary/aromatic N) is 2. The second kappa shape index (κ2) is 8.93. The molecule has 3 aromatic rings. The maximum absolute atomic E-state index is 12.2. The molecule has 0 saturated heterocycles. The van der Waals surface area contributed by atoms with Crippen LogP contribution in [0.15, 0.2) is 41.6 Å². The van der Waals surface area contributed by atoms with E-state index in [-0.39, 0.29) is 11.7 Å². The Bertz CT molecular complexity index is 964. The SMILES string of the molecule is CCOc1ccc(-c2nc(SCC(=O)Nc3cc(C)cc(C)c3)n[nH]2)c(C)c1. The molecule has 28 heavy (non-hydrogen) atoms. The van der Waals surface area contributed by atoms with Crippen LogP contribution in [-0.4, -0.2) is 33.4 Å². The summed E-state index contributed by atoms with van der Waals surface area (Å²) in [5, 5.41) is 10.6. The number of anilines is 1. The molecular weight excluding hydrogens is 372 g/mol. The van der Waals surface area contributed by atoms with Crippen molar-refractivity contribution in [3.05, 3.63) is 53.1 Å². The molecular formula is C21H24N4O2S. The van der Waals surface area contributed by atoms with Gasteiger partial charge in [-0.05, 0) is 74.7 Å². The first-order valence-electron chi connectivity index (χ1n) is 9.11. The highest BCUT2D eigenvalue weighted by Crippen LogP contribution is 2.26. The van der Waals surface area contributed by atoms with Gasteiger partial charge in [-0.15, -0.1) is 5.10 Å². The number of benzene rings is 2. The minimum atomic E-state index is -0.0846. The molecule has 0 atom stereocenters. The van der Waals surface area contributed by atoms with Crippen molar-refractivity contribution in [2.75, 3.05) is 17.7 Å². The number of H-pyrrole nitrogens is 1. The number of carbonyl (C=O) groups excluding carboxylic acids is 1. The number of ether oxygens (including phenoxy) is 1. The molecule has 1 heterocycles. The molecule has 0 aliphatic heterocycles. The van der Waals surface area contributed by atoms with E-state index in [1.807, 2.05) is 58.0 Å². The lowest BCUT2D eigenvalue weighted by atomic mass is 10.1. The molecule has 7 heteroatoms. The van der Waals surface area contributed by atoms with Crippen molar-refractivity contribution in [2.24, 2.45) is 0 Å². The number of carbonyl (C=O) groups is 1. The summed E-state index contributed by atoms with van der Waals surface area (Å²) in [5.41, 5.74) is 5.05. The van der Waals surface area contributed by atoms with Crippen molar-refractivity contribution in [1.82, 2.24) is 15.2 Å². The summed E-state index contributed by atoms with van der Waals surface area (Å²) in [6, 6.07) is 11.8. The molecule has 2 N–H and O–H groups in total. The lowest BCUT2D eigenvalue weighted by Gasteiger charge is -2.07. The third-order valence-corrected chi connectivity index (χ3v) is 4.91. The van der Waals surface area contributed by atoms with E-state index in [2.05, 4.69) is 26.6 Å². The highest BCUT2D eigenvalue weighted by atomic mass is 32.2. The summed E-state index contributed by atoms with van der Waals surface area (Å²) in [4.78, 5) is 16.7. The zero-order valence-electron chi connectivity index (χ0n) is 16.5. The van der Waals surface area contributed by atoms with E-state index in [4.69, 9.17) is 4.74 Å². The molecule has 1 amide bonds. The summed E-state index contributed by atoms with van der Waals surface area (Å²) < 4.78 is 5.52. The molecule has 0 radical (unpaired) electrons. The summed E-state index contributed by atoms with van der Waals surface area (Å²) in [6.07, 6.45) is 0. The topological polar surface area (TPSA) is 79.9 Å². The number of amides is 1. The normalized spacial score (nSPS) is 10.7. The molecule has 0 unspecified atom stereocenters. The maximum atomic E-state index is 12.2. The Balaban J connectivity index is 1.61. The van der Waals surface area contributed by atoms with Crippen LogP contribution in [0.2, 0.25) is 0 Å². The fraction of sp³-hybridized carbons (Fsp3) is 0.286. The van der Waals surface area contributed by atoms with Crippen LogP contribution in [0.1, 0.15) is 23.6 Å². The lowest BCUT2D eigenvalue weighted by Crippen LogP contribution is -2.14. The summed E-state index contributed by atoms with van der Waals surface area (Å²) in [5.74, 6) is 1.67. The van der Waals surface area contributed by atoms with Crippen LogP contribution >= 0.6 is 11.8 Å². The molecule has 2 aromatic carbocycles. The number of aryl methyl sites for hydroxylation is 3. The molecule has 6 nitrogen and oxygen atoms in total. The Morgan fingerprint density at radius 3 is 2.57 bits per heavy atom. The molecule has 0 bridgehead atoms. The van der Waals surface area contributed by atoms with Gasteiger partial charge in [-0.2, -0.15) is 0 Å². The van der Waals surface area contributed by atoms with Gasteiger partial charge in [0.25, 0.3) is 0 Å². The van der Waals surface area contributed by atoms with Gasteiger partial charge < -0.3 is 10.1 Å². The maximum Gasteiger partial charge on any atom is 0.234 e. The minimum Gasteiger partial charge on any atom is -0.494 e. The van der Waals surface area contributed by atoms with Gasteiger partial charge in [0.15, 0.2) is 5.82 Å². The molecule has 0 aliphatic carbocycles. The van der Waals surface area contributed by atoms with Gasteiger partial charge in [-0.3, -0.25) is 9.89 Å². The average molecular weight is 397 g/mol. The van der Waals surface area contributed by atoms with Crippen LogP contribution in [-0.2, 0) is 4.79 Å². The Labute approximate surface area is 169 Å². The van der Waals surface area contributed by atoms with E-state index in [0.717, 1.165) is 33.7 Å². The molecule has 0 fully saturated rings. The monoisotopic (exact) mass is 396 g/mol. The second-order valence-electron chi connectivity index (χ2n) is 6.59. The Morgan fingerprint density at radius 2 is 1.89 bits per heavy atom. The Hall–Kier alpha value is -2.80. The van der Waals surface area contributed by atoms with Crippen LogP contribution in [0.3, 0.4) is 0 Å². The first-order valence-corrected chi connectivity index (χ1v) is 10.1. The van der Waals surface area contributed by atoms with Crippen molar-refractivity contribution >= 4 is 23.4 Å². The molecule has 3 rings (SSSR count). The molecule has 0 spiro atoms. The number of thioether (sulfide) groups is 1. The third-order valence-electron chi connectivity index (χ3n) is 4.07. The van der Waals surface area contributed by atoms with Gasteiger partial charge in [0.2, 0.25) is 11.1 Å². The van der Waals surface area contributed by atoms with E-state index in [1.54, 1.807) is 0 Å². The molecule has 1 aromatic heterocycles. The van der Waals surface area contributed by atoms with E-state index >= 15 is 0 Å². The van der Waals surface area contributed by atoms with Crippen molar-refractivity contribution in [1.29, 1.82) is 0 Å². The van der Waals surface area contributed by atoms with Gasteiger partial charge in [0.1, 0.15) is 5.75 Å². The van der Waals surface area contributed by atoms with Crippen LogP contribution in [0, 0.1) is 20.8 Å². The Morgan fingerprint density at radius 1 is 1.14 bits per heavy atom. The smallest absolute Gasteiger partial charge is 0.234 e. The first kappa shape index (κ1) is 19.9. The van der Waals surface area contributed by atoms with Crippen molar-refractivity contribution in [3.8, 4) is 17.1 Å². The number of hydrogen-bond acceptors (Lipinski definition) is 5. The predicted octanol–water partition coefficient (Wildman–Crippen LogP) is 4.53. The van der Waals surface area contributed by atoms with Crippen molar-refractivity contribution in [3.63, 3.8) is 0 Å². The van der Waals surface area contributed by atoms with Crippen LogP contribution < -0.4 is 10.1 Å². The first-order chi connectivity index (χ1) is 13.4. The van der Waals surface area contributed by atoms with Crippen LogP contribution in [0.25, 0.3) is 11.4 Å². The number of aromatic nitrogens is 3. The fourth-order valence-corrected chi connectivity index (χ4v) is 3.56. The van der Waals surface area contributed by atoms with Gasteiger partial charge in [0, 0.05) is 11.3 Å². The highest BCUT2D eigenvalue weighted by molar-refractivity contribution is 7.99. The highest BCUT2D eigenvalue weighted by Gasteiger charge is 2.11. The fourth-order valence-electron chi connectivity index (χ4n) is 2.96. The third kappa shape index (κ3) is 5.13. The summed E-state index contributed by atoms with van der Waals surface area (Å²) in [6.45, 7) is 8.61. The van der Waals surface area contributed by atoms with Crippen LogP contribution in [0.4, 0.5) is 5.69 Å². The summed E-state index contributed by atoms with van der Waals surface area (Å²) in [7, 11) is 0. The second-order valence-corrected chi connectivity index (χ2v) is 7.53. The van der Waals surface area contributed by atoms with Crippen LogP contribution in [0.5, 0.6) is 5.75 Å². The van der Waals surface area contributed by atoms with E-state index < -0.39 is 0 Å². The summed E-state index contributed by atoms with van der Waals surface area (Å²) >= 11 is 1.30. The van der Waals surface area contributed by atoms with Gasteiger partial charge >= 0.3 is 0 Å². The van der Waals surface area contributed by atoms with E-state index in [0.29, 0.717) is 17.6 Å². The van der Waals surface area contributed by atoms with E-state index in [9.17, 15) is 4.79 Å². The van der Waals surface area contributed by atoms with Gasteiger partial charge in [-0.25, -0.2) is 4.98 Å². The largest absolute Gasteiger partial charge is 0.494 e. The zero-order chi connectivity index (χ0) is 20.1. The van der Waals surface area contributed by atoms with Crippen molar-refractivity contribution in [2.45, 2.75) is 32.9 Å². The van der Waals surface area contributed by atoms with Gasteiger partial charge in [-0.1, -0.05) is 17.8 Å². The number of hydrogen-bond donors (Lipinski definition) is 2. The van der Waals surface area contributed by atoms with Gasteiger partial charge in [0.05, 0.1) is 12.4 Å². The molecule has 0 saturated carbocycles. The lowest BCUT2D eigenvalue weighted by molar-refractivity contribution is -0.113.